The zero-order valence-electron chi connectivity index (χ0n) is 22.4. The van der Waals surface area contributed by atoms with Crippen LogP contribution >= 0.6 is 15.9 Å². The number of anilines is 2. The van der Waals surface area contributed by atoms with E-state index in [1.807, 2.05) is 0 Å². The molecule has 1 fully saturated rings. The maximum atomic E-state index is 14.0. The minimum absolute atomic E-state index is 0.00746. The zero-order valence-corrected chi connectivity index (χ0v) is 24.0. The Hall–Kier alpha value is -3.55. The molecule has 2 amide bonds. The summed E-state index contributed by atoms with van der Waals surface area (Å²) < 4.78 is 52.9. The number of piperidine rings is 1. The molecule has 0 spiro atoms. The smallest absolute Gasteiger partial charge is 0.419 e. The standard InChI is InChI=1S/C26H30BrF3N6O4/c1-5-39-23(37)34-18-9-8-15-16(11-31-21(15)19(18)27)20-17(26(28,29)30)12-32-22(35-20)33-14-7-6-10-36(13-14)24(38)40-25(2,3)4/h8-9,11-12,14,31H,5-7,10,13H2,1-4H3,(H,34,37)(H,32,33,35). The zero-order chi connectivity index (χ0) is 29.2. The van der Waals surface area contributed by atoms with Gasteiger partial charge in [-0.25, -0.2) is 19.6 Å². The Labute approximate surface area is 237 Å². The minimum atomic E-state index is -4.71. The second-order valence-electron chi connectivity index (χ2n) is 10.3. The molecule has 216 valence electrons. The average molecular weight is 627 g/mol. The second kappa shape index (κ2) is 11.5. The number of rotatable bonds is 5. The molecule has 1 unspecified atom stereocenters. The maximum absolute atomic E-state index is 14.0. The van der Waals surface area contributed by atoms with E-state index in [9.17, 15) is 22.8 Å². The van der Waals surface area contributed by atoms with Crippen molar-refractivity contribution >= 4 is 50.7 Å². The molecule has 2 aromatic heterocycles. The molecule has 3 heterocycles. The van der Waals surface area contributed by atoms with E-state index in [0.29, 0.717) is 47.0 Å². The molecule has 3 N–H and O–H groups in total. The molecule has 4 rings (SSSR count). The van der Waals surface area contributed by atoms with Gasteiger partial charge in [0.25, 0.3) is 0 Å². The number of hydrogen-bond donors (Lipinski definition) is 3. The lowest BCUT2D eigenvalue weighted by molar-refractivity contribution is -0.137. The van der Waals surface area contributed by atoms with Crippen LogP contribution < -0.4 is 10.6 Å². The highest BCUT2D eigenvalue weighted by atomic mass is 79.9. The van der Waals surface area contributed by atoms with Crippen molar-refractivity contribution in [3.8, 4) is 11.3 Å². The predicted molar refractivity (Wildman–Crippen MR) is 147 cm³/mol. The molecular formula is C26H30BrF3N6O4. The number of ether oxygens (including phenoxy) is 2. The van der Waals surface area contributed by atoms with Crippen LogP contribution in [-0.2, 0) is 15.7 Å². The lowest BCUT2D eigenvalue weighted by atomic mass is 10.0. The van der Waals surface area contributed by atoms with E-state index < -0.39 is 29.5 Å². The van der Waals surface area contributed by atoms with Gasteiger partial charge in [0.15, 0.2) is 0 Å². The SMILES string of the molecule is CCOC(=O)Nc1ccc2c(-c3nc(NC4CCCN(C(=O)OC(C)(C)C)C4)ncc3C(F)(F)F)c[nH]c2c1Br. The van der Waals surface area contributed by atoms with Crippen LogP contribution in [0.3, 0.4) is 0 Å². The van der Waals surface area contributed by atoms with Crippen LogP contribution in [0.5, 0.6) is 0 Å². The molecule has 0 radical (unpaired) electrons. The normalized spacial score (nSPS) is 16.1. The molecule has 1 aliphatic rings. The van der Waals surface area contributed by atoms with Crippen LogP contribution in [0.4, 0.5) is 34.4 Å². The van der Waals surface area contributed by atoms with Gasteiger partial charge in [0.2, 0.25) is 5.95 Å². The molecule has 1 atom stereocenters. The van der Waals surface area contributed by atoms with Gasteiger partial charge >= 0.3 is 18.4 Å². The molecule has 40 heavy (non-hydrogen) atoms. The fraction of sp³-hybridized carbons (Fsp3) is 0.462. The summed E-state index contributed by atoms with van der Waals surface area (Å²) in [4.78, 5) is 37.1. The van der Waals surface area contributed by atoms with Crippen molar-refractivity contribution in [3.05, 3.63) is 34.6 Å². The summed E-state index contributed by atoms with van der Waals surface area (Å²) in [5.74, 6) is 0.00746. The Morgan fingerprint density at radius 1 is 1.25 bits per heavy atom. The first-order valence-electron chi connectivity index (χ1n) is 12.7. The van der Waals surface area contributed by atoms with E-state index in [-0.39, 0.29) is 29.9 Å². The number of carbonyl (C=O) groups is 2. The van der Waals surface area contributed by atoms with Crippen molar-refractivity contribution < 1.29 is 32.2 Å². The number of amides is 2. The van der Waals surface area contributed by atoms with Crippen molar-refractivity contribution in [1.82, 2.24) is 19.9 Å². The topological polar surface area (TPSA) is 121 Å². The summed E-state index contributed by atoms with van der Waals surface area (Å²) >= 11 is 3.41. The number of hydrogen-bond acceptors (Lipinski definition) is 7. The quantitative estimate of drug-likeness (QED) is 0.285. The molecule has 0 aliphatic carbocycles. The Morgan fingerprint density at radius 2 is 2.00 bits per heavy atom. The predicted octanol–water partition coefficient (Wildman–Crippen LogP) is 6.79. The number of nitrogens with zero attached hydrogens (tertiary/aromatic N) is 3. The molecule has 1 aliphatic heterocycles. The van der Waals surface area contributed by atoms with Gasteiger partial charge in [-0.05, 0) is 62.5 Å². The van der Waals surface area contributed by atoms with Crippen molar-refractivity contribution in [2.45, 2.75) is 58.4 Å². The number of halogens is 4. The van der Waals surface area contributed by atoms with Gasteiger partial charge in [0.05, 0.1) is 28.0 Å². The highest BCUT2D eigenvalue weighted by molar-refractivity contribution is 9.10. The summed E-state index contributed by atoms with van der Waals surface area (Å²) in [7, 11) is 0. The summed E-state index contributed by atoms with van der Waals surface area (Å²) in [6.45, 7) is 8.01. The van der Waals surface area contributed by atoms with E-state index in [1.165, 1.54) is 6.20 Å². The third-order valence-electron chi connectivity index (χ3n) is 6.06. The summed E-state index contributed by atoms with van der Waals surface area (Å²) in [6.07, 6.45) is -2.28. The van der Waals surface area contributed by atoms with Crippen molar-refractivity contribution in [3.63, 3.8) is 0 Å². The first-order chi connectivity index (χ1) is 18.8. The Bertz CT molecular complexity index is 1410. The number of fused-ring (bicyclic) bond motifs is 1. The molecule has 10 nitrogen and oxygen atoms in total. The lowest BCUT2D eigenvalue weighted by Crippen LogP contribution is -2.47. The molecule has 0 saturated carbocycles. The van der Waals surface area contributed by atoms with Gasteiger partial charge in [-0.3, -0.25) is 5.32 Å². The fourth-order valence-electron chi connectivity index (χ4n) is 4.37. The monoisotopic (exact) mass is 626 g/mol. The highest BCUT2D eigenvalue weighted by Gasteiger charge is 2.36. The molecule has 14 heteroatoms. The Morgan fingerprint density at radius 3 is 2.67 bits per heavy atom. The Balaban J connectivity index is 1.64. The lowest BCUT2D eigenvalue weighted by Gasteiger charge is -2.34. The third-order valence-corrected chi connectivity index (χ3v) is 6.88. The van der Waals surface area contributed by atoms with Crippen molar-refractivity contribution in [2.24, 2.45) is 0 Å². The van der Waals surface area contributed by atoms with E-state index >= 15 is 0 Å². The van der Waals surface area contributed by atoms with Gasteiger partial charge in [-0.2, -0.15) is 13.2 Å². The van der Waals surface area contributed by atoms with Crippen LogP contribution in [0.1, 0.15) is 46.1 Å². The molecule has 3 aromatic rings. The number of aromatic amines is 1. The summed E-state index contributed by atoms with van der Waals surface area (Å²) in [5.41, 5.74) is -0.905. The van der Waals surface area contributed by atoms with E-state index in [0.717, 1.165) is 6.20 Å². The number of nitrogens with one attached hydrogen (secondary N) is 3. The van der Waals surface area contributed by atoms with Gasteiger partial charge in [-0.15, -0.1) is 0 Å². The van der Waals surface area contributed by atoms with Crippen molar-refractivity contribution in [2.75, 3.05) is 30.3 Å². The molecule has 1 aromatic carbocycles. The number of alkyl halides is 3. The number of likely N-dealkylation sites (tertiary alicyclic amines) is 1. The number of carbonyl (C=O) groups excluding carboxylic acids is 2. The average Bonchev–Trinajstić information content (AvgIpc) is 3.29. The number of aromatic nitrogens is 3. The summed E-state index contributed by atoms with van der Waals surface area (Å²) in [6, 6.07) is 2.86. The first kappa shape index (κ1) is 29.4. The van der Waals surface area contributed by atoms with Gasteiger partial charge in [0.1, 0.15) is 11.2 Å². The minimum Gasteiger partial charge on any atom is -0.450 e. The number of benzene rings is 1. The van der Waals surface area contributed by atoms with Crippen molar-refractivity contribution in [1.29, 1.82) is 0 Å². The van der Waals surface area contributed by atoms with Gasteiger partial charge in [0, 0.05) is 42.5 Å². The van der Waals surface area contributed by atoms with Crippen LogP contribution in [-0.4, -0.2) is 63.4 Å². The van der Waals surface area contributed by atoms with E-state index in [2.05, 4.69) is 41.5 Å². The van der Waals surface area contributed by atoms with Crippen LogP contribution in [0.25, 0.3) is 22.2 Å². The maximum Gasteiger partial charge on any atom is 0.419 e. The van der Waals surface area contributed by atoms with Gasteiger partial charge < -0.3 is 24.7 Å². The fourth-order valence-corrected chi connectivity index (χ4v) is 4.93. The largest absolute Gasteiger partial charge is 0.450 e. The first-order valence-corrected chi connectivity index (χ1v) is 13.5. The van der Waals surface area contributed by atoms with Gasteiger partial charge in [-0.1, -0.05) is 6.07 Å². The second-order valence-corrected chi connectivity index (χ2v) is 11.1. The van der Waals surface area contributed by atoms with E-state index in [4.69, 9.17) is 9.47 Å². The van der Waals surface area contributed by atoms with Crippen LogP contribution in [0.2, 0.25) is 0 Å². The summed E-state index contributed by atoms with van der Waals surface area (Å²) in [5, 5.41) is 6.13. The molecule has 1 saturated heterocycles. The molecule has 0 bridgehead atoms. The number of H-pyrrole nitrogens is 1. The Kier molecular flexibility index (Phi) is 8.47. The third kappa shape index (κ3) is 6.77. The highest BCUT2D eigenvalue weighted by Crippen LogP contribution is 2.41. The van der Waals surface area contributed by atoms with E-state index in [1.54, 1.807) is 44.7 Å². The van der Waals surface area contributed by atoms with Crippen LogP contribution in [0, 0.1) is 0 Å². The van der Waals surface area contributed by atoms with Crippen LogP contribution in [0.15, 0.2) is 29.0 Å². The molecular weight excluding hydrogens is 597 g/mol.